The monoisotopic (exact) mass is 255 g/mol. The zero-order valence-corrected chi connectivity index (χ0v) is 10.3. The first-order chi connectivity index (χ1) is 8.83. The molecule has 0 N–H and O–H groups in total. The Morgan fingerprint density at radius 1 is 0.944 bits per heavy atom. The van der Waals surface area contributed by atoms with Crippen LogP contribution in [0.4, 0.5) is 4.39 Å². The standard InChI is InChI=1S/C15H10FNS/c16-13-6-2-4-8-15(13)18-12-9-11-5-1-3-7-14(11)17-10-12/h1-10H. The molecule has 0 saturated heterocycles. The van der Waals surface area contributed by atoms with Gasteiger partial charge in [-0.2, -0.15) is 0 Å². The number of para-hydroxylation sites is 1. The van der Waals surface area contributed by atoms with Gasteiger partial charge in [-0.1, -0.05) is 42.1 Å². The Morgan fingerprint density at radius 2 is 1.72 bits per heavy atom. The van der Waals surface area contributed by atoms with Crippen LogP contribution in [0.1, 0.15) is 0 Å². The first-order valence-corrected chi connectivity index (χ1v) is 6.42. The van der Waals surface area contributed by atoms with Crippen molar-refractivity contribution in [3.8, 4) is 0 Å². The molecule has 0 radical (unpaired) electrons. The minimum Gasteiger partial charge on any atom is -0.255 e. The van der Waals surface area contributed by atoms with Gasteiger partial charge in [0, 0.05) is 21.4 Å². The van der Waals surface area contributed by atoms with Crippen molar-refractivity contribution in [3.05, 3.63) is 66.6 Å². The molecule has 3 heteroatoms. The van der Waals surface area contributed by atoms with Gasteiger partial charge in [-0.3, -0.25) is 4.98 Å². The Kier molecular flexibility index (Phi) is 2.99. The summed E-state index contributed by atoms with van der Waals surface area (Å²) < 4.78 is 13.5. The summed E-state index contributed by atoms with van der Waals surface area (Å²) in [6.45, 7) is 0. The molecule has 0 amide bonds. The Bertz CT molecular complexity index is 697. The fraction of sp³-hybridized carbons (Fsp3) is 0. The second-order valence-corrected chi connectivity index (χ2v) is 5.01. The molecule has 3 aromatic rings. The average Bonchev–Trinajstić information content (AvgIpc) is 2.41. The van der Waals surface area contributed by atoms with Gasteiger partial charge in [-0.15, -0.1) is 0 Å². The SMILES string of the molecule is Fc1ccccc1Sc1cnc2ccccc2c1. The molecule has 1 nitrogen and oxygen atoms in total. The number of hydrogen-bond donors (Lipinski definition) is 0. The lowest BCUT2D eigenvalue weighted by atomic mass is 10.2. The summed E-state index contributed by atoms with van der Waals surface area (Å²) in [5, 5.41) is 1.07. The molecule has 88 valence electrons. The number of fused-ring (bicyclic) bond motifs is 1. The molecular weight excluding hydrogens is 245 g/mol. The summed E-state index contributed by atoms with van der Waals surface area (Å²) in [5.74, 6) is -0.198. The average molecular weight is 255 g/mol. The molecular formula is C15H10FNS. The van der Waals surface area contributed by atoms with Crippen molar-refractivity contribution < 1.29 is 4.39 Å². The topological polar surface area (TPSA) is 12.9 Å². The maximum atomic E-state index is 13.5. The summed E-state index contributed by atoms with van der Waals surface area (Å²) >= 11 is 1.39. The molecule has 3 rings (SSSR count). The van der Waals surface area contributed by atoms with Crippen molar-refractivity contribution >= 4 is 22.7 Å². The Morgan fingerprint density at radius 3 is 2.61 bits per heavy atom. The van der Waals surface area contributed by atoms with Crippen molar-refractivity contribution in [2.45, 2.75) is 9.79 Å². The van der Waals surface area contributed by atoms with Crippen LogP contribution in [0.2, 0.25) is 0 Å². The van der Waals surface area contributed by atoms with Crippen LogP contribution in [0.15, 0.2) is 70.6 Å². The molecule has 0 bridgehead atoms. The predicted octanol–water partition coefficient (Wildman–Crippen LogP) is 4.53. The highest BCUT2D eigenvalue weighted by molar-refractivity contribution is 7.99. The number of halogens is 1. The fourth-order valence-electron chi connectivity index (χ4n) is 1.76. The maximum absolute atomic E-state index is 13.5. The Balaban J connectivity index is 1.98. The minimum atomic E-state index is -0.198. The minimum absolute atomic E-state index is 0.198. The quantitative estimate of drug-likeness (QED) is 0.667. The van der Waals surface area contributed by atoms with Crippen molar-refractivity contribution in [3.63, 3.8) is 0 Å². The van der Waals surface area contributed by atoms with Gasteiger partial charge in [0.1, 0.15) is 5.82 Å². The van der Waals surface area contributed by atoms with E-state index in [0.717, 1.165) is 15.8 Å². The number of benzene rings is 2. The van der Waals surface area contributed by atoms with E-state index >= 15 is 0 Å². The summed E-state index contributed by atoms with van der Waals surface area (Å²) in [6, 6.07) is 16.7. The molecule has 1 heterocycles. The Labute approximate surface area is 109 Å². The Hall–Kier alpha value is -1.87. The molecule has 0 unspecified atom stereocenters. The van der Waals surface area contributed by atoms with E-state index < -0.39 is 0 Å². The van der Waals surface area contributed by atoms with Crippen LogP contribution >= 0.6 is 11.8 Å². The van der Waals surface area contributed by atoms with Crippen LogP contribution < -0.4 is 0 Å². The number of pyridine rings is 1. The lowest BCUT2D eigenvalue weighted by Gasteiger charge is -2.04. The second kappa shape index (κ2) is 4.78. The first kappa shape index (κ1) is 11.2. The van der Waals surface area contributed by atoms with E-state index in [1.54, 1.807) is 18.3 Å². The van der Waals surface area contributed by atoms with Gasteiger partial charge >= 0.3 is 0 Å². The van der Waals surface area contributed by atoms with Crippen LogP contribution in [0.25, 0.3) is 10.9 Å². The lowest BCUT2D eigenvalue weighted by molar-refractivity contribution is 0.602. The van der Waals surface area contributed by atoms with E-state index in [0.29, 0.717) is 4.90 Å². The number of rotatable bonds is 2. The van der Waals surface area contributed by atoms with E-state index in [1.165, 1.54) is 17.8 Å². The molecule has 0 fully saturated rings. The first-order valence-electron chi connectivity index (χ1n) is 5.60. The molecule has 0 aliphatic carbocycles. The molecule has 0 aliphatic rings. The van der Waals surface area contributed by atoms with E-state index in [-0.39, 0.29) is 5.82 Å². The van der Waals surface area contributed by atoms with Gasteiger partial charge < -0.3 is 0 Å². The zero-order chi connectivity index (χ0) is 12.4. The molecule has 0 spiro atoms. The van der Waals surface area contributed by atoms with Gasteiger partial charge in [0.25, 0.3) is 0 Å². The van der Waals surface area contributed by atoms with Gasteiger partial charge in [0.15, 0.2) is 0 Å². The van der Waals surface area contributed by atoms with Crippen LogP contribution in [0.3, 0.4) is 0 Å². The third-order valence-corrected chi connectivity index (χ3v) is 3.64. The summed E-state index contributed by atoms with van der Waals surface area (Å²) in [4.78, 5) is 5.93. The van der Waals surface area contributed by atoms with Crippen molar-refractivity contribution in [2.24, 2.45) is 0 Å². The third kappa shape index (κ3) is 2.22. The predicted molar refractivity (Wildman–Crippen MR) is 72.3 cm³/mol. The molecule has 18 heavy (non-hydrogen) atoms. The second-order valence-electron chi connectivity index (χ2n) is 3.90. The summed E-state index contributed by atoms with van der Waals surface area (Å²) in [7, 11) is 0. The third-order valence-electron chi connectivity index (χ3n) is 2.63. The molecule has 1 aromatic heterocycles. The molecule has 0 aliphatic heterocycles. The fourth-order valence-corrected chi connectivity index (χ4v) is 2.62. The van der Waals surface area contributed by atoms with Gasteiger partial charge in [-0.05, 0) is 24.3 Å². The zero-order valence-electron chi connectivity index (χ0n) is 9.51. The highest BCUT2D eigenvalue weighted by atomic mass is 32.2. The maximum Gasteiger partial charge on any atom is 0.137 e. The largest absolute Gasteiger partial charge is 0.255 e. The number of hydrogen-bond acceptors (Lipinski definition) is 2. The van der Waals surface area contributed by atoms with Crippen molar-refractivity contribution in [1.82, 2.24) is 4.98 Å². The van der Waals surface area contributed by atoms with Crippen LogP contribution in [-0.4, -0.2) is 4.98 Å². The van der Waals surface area contributed by atoms with E-state index in [2.05, 4.69) is 4.98 Å². The number of aromatic nitrogens is 1. The highest BCUT2D eigenvalue weighted by Gasteiger charge is 2.04. The smallest absolute Gasteiger partial charge is 0.137 e. The van der Waals surface area contributed by atoms with E-state index in [9.17, 15) is 4.39 Å². The van der Waals surface area contributed by atoms with Gasteiger partial charge in [-0.25, -0.2) is 4.39 Å². The molecule has 2 aromatic carbocycles. The molecule has 0 atom stereocenters. The number of nitrogens with zero attached hydrogens (tertiary/aromatic N) is 1. The van der Waals surface area contributed by atoms with Crippen LogP contribution in [-0.2, 0) is 0 Å². The highest BCUT2D eigenvalue weighted by Crippen LogP contribution is 2.30. The molecule has 0 saturated carbocycles. The van der Waals surface area contributed by atoms with Gasteiger partial charge in [0.05, 0.1) is 5.52 Å². The van der Waals surface area contributed by atoms with E-state index in [1.807, 2.05) is 36.4 Å². The van der Waals surface area contributed by atoms with Crippen molar-refractivity contribution in [1.29, 1.82) is 0 Å². The summed E-state index contributed by atoms with van der Waals surface area (Å²) in [6.07, 6.45) is 1.78. The normalized spacial score (nSPS) is 10.7. The van der Waals surface area contributed by atoms with Gasteiger partial charge in [0.2, 0.25) is 0 Å². The summed E-state index contributed by atoms with van der Waals surface area (Å²) in [5.41, 5.74) is 0.954. The van der Waals surface area contributed by atoms with Crippen LogP contribution in [0, 0.1) is 5.82 Å². The van der Waals surface area contributed by atoms with Crippen molar-refractivity contribution in [2.75, 3.05) is 0 Å². The lowest BCUT2D eigenvalue weighted by Crippen LogP contribution is -1.82. The van der Waals surface area contributed by atoms with Crippen LogP contribution in [0.5, 0.6) is 0 Å². The van der Waals surface area contributed by atoms with E-state index in [4.69, 9.17) is 0 Å².